The van der Waals surface area contributed by atoms with Gasteiger partial charge in [-0.05, 0) is 38.0 Å². The van der Waals surface area contributed by atoms with E-state index in [4.69, 9.17) is 9.26 Å². The summed E-state index contributed by atoms with van der Waals surface area (Å²) in [4.78, 5) is 17.4. The van der Waals surface area contributed by atoms with E-state index < -0.39 is 18.7 Å². The van der Waals surface area contributed by atoms with Crippen molar-refractivity contribution in [3.8, 4) is 5.75 Å². The van der Waals surface area contributed by atoms with Gasteiger partial charge in [-0.1, -0.05) is 17.3 Å². The predicted molar refractivity (Wildman–Crippen MR) is 94.5 cm³/mol. The Kier molecular flexibility index (Phi) is 4.44. The molecule has 0 bridgehead atoms. The molecule has 1 fully saturated rings. The van der Waals surface area contributed by atoms with E-state index in [-0.39, 0.29) is 23.1 Å². The summed E-state index contributed by atoms with van der Waals surface area (Å²) < 4.78 is 47.5. The number of carbonyl (C=O) groups excluding carboxylic acids is 1. The third kappa shape index (κ3) is 3.78. The van der Waals surface area contributed by atoms with E-state index in [0.29, 0.717) is 16.6 Å². The zero-order valence-corrected chi connectivity index (χ0v) is 14.8. The maximum atomic E-state index is 12.9. The van der Waals surface area contributed by atoms with Crippen molar-refractivity contribution in [2.24, 2.45) is 0 Å². The number of hydrogen-bond acceptors (Lipinski definition) is 5. The van der Waals surface area contributed by atoms with E-state index in [1.165, 1.54) is 18.2 Å². The Morgan fingerprint density at radius 2 is 2.07 bits per heavy atom. The van der Waals surface area contributed by atoms with Crippen molar-refractivity contribution >= 4 is 22.7 Å². The molecule has 1 amide bonds. The van der Waals surface area contributed by atoms with Crippen molar-refractivity contribution in [2.45, 2.75) is 31.9 Å². The largest absolute Gasteiger partial charge is 0.482 e. The third-order valence-corrected chi connectivity index (χ3v) is 4.40. The topological polar surface area (TPSA) is 77.2 Å². The number of hydrogen-bond donors (Lipinski definition) is 1. The summed E-state index contributed by atoms with van der Waals surface area (Å²) >= 11 is 0. The van der Waals surface area contributed by atoms with E-state index in [2.05, 4.69) is 15.5 Å². The number of fused-ring (bicyclic) bond motifs is 1. The van der Waals surface area contributed by atoms with Gasteiger partial charge in [0.1, 0.15) is 5.75 Å². The summed E-state index contributed by atoms with van der Waals surface area (Å²) in [6.07, 6.45) is -2.51. The highest BCUT2D eigenvalue weighted by atomic mass is 19.4. The maximum Gasteiger partial charge on any atom is 0.422 e. The lowest BCUT2D eigenvalue weighted by atomic mass is 10.1. The van der Waals surface area contributed by atoms with Crippen molar-refractivity contribution in [2.75, 3.05) is 11.9 Å². The number of nitrogens with one attached hydrogen (secondary N) is 1. The van der Waals surface area contributed by atoms with Crippen LogP contribution in [0.3, 0.4) is 0 Å². The number of rotatable bonds is 5. The maximum absolute atomic E-state index is 12.9. The van der Waals surface area contributed by atoms with Crippen LogP contribution >= 0.6 is 0 Å². The van der Waals surface area contributed by atoms with E-state index >= 15 is 0 Å². The molecule has 0 radical (unpaired) electrons. The molecular formula is C19H16F3N3O3. The highest BCUT2D eigenvalue weighted by molar-refractivity contribution is 6.12. The van der Waals surface area contributed by atoms with Gasteiger partial charge in [0.15, 0.2) is 6.61 Å². The van der Waals surface area contributed by atoms with Crippen LogP contribution in [0.1, 0.15) is 40.5 Å². The highest BCUT2D eigenvalue weighted by Crippen LogP contribution is 2.40. The number of anilines is 1. The SMILES string of the molecule is Cc1noc2nc(C3CC3)cc(C(=O)Nc3ccccc3OCC(F)(F)F)c12. The molecule has 0 saturated heterocycles. The van der Waals surface area contributed by atoms with Crippen molar-refractivity contribution in [3.05, 3.63) is 47.3 Å². The Bertz CT molecular complexity index is 1040. The van der Waals surface area contributed by atoms with Crippen LogP contribution < -0.4 is 10.1 Å². The molecule has 146 valence electrons. The van der Waals surface area contributed by atoms with Crippen LogP contribution in [0.2, 0.25) is 0 Å². The molecule has 0 aliphatic heterocycles. The first-order valence-corrected chi connectivity index (χ1v) is 8.68. The molecule has 0 unspecified atom stereocenters. The van der Waals surface area contributed by atoms with Gasteiger partial charge >= 0.3 is 6.18 Å². The molecule has 1 saturated carbocycles. The molecule has 3 aromatic rings. The Balaban J connectivity index is 1.65. The van der Waals surface area contributed by atoms with Gasteiger partial charge in [-0.25, -0.2) is 4.98 Å². The number of halogens is 3. The number of aryl methyl sites for hydroxylation is 1. The average Bonchev–Trinajstić information content (AvgIpc) is 3.43. The number of nitrogens with zero attached hydrogens (tertiary/aromatic N) is 2. The van der Waals surface area contributed by atoms with Crippen LogP contribution in [-0.4, -0.2) is 28.8 Å². The number of alkyl halides is 3. The molecule has 0 atom stereocenters. The van der Waals surface area contributed by atoms with Crippen molar-refractivity contribution in [3.63, 3.8) is 0 Å². The fraction of sp³-hybridized carbons (Fsp3) is 0.316. The highest BCUT2D eigenvalue weighted by Gasteiger charge is 2.30. The first-order chi connectivity index (χ1) is 13.3. The quantitative estimate of drug-likeness (QED) is 0.688. The molecule has 1 aromatic carbocycles. The van der Waals surface area contributed by atoms with Gasteiger partial charge in [0.2, 0.25) is 0 Å². The summed E-state index contributed by atoms with van der Waals surface area (Å²) in [5, 5.41) is 6.99. The van der Waals surface area contributed by atoms with Crippen molar-refractivity contribution in [1.29, 1.82) is 0 Å². The standard InChI is InChI=1S/C19H16F3N3O3/c1-10-16-12(8-14(11-6-7-11)24-18(16)28-25-10)17(26)23-13-4-2-3-5-15(13)27-9-19(20,21)22/h2-5,8,11H,6-7,9H2,1H3,(H,23,26). The number of para-hydroxylation sites is 2. The van der Waals surface area contributed by atoms with Gasteiger partial charge in [-0.2, -0.15) is 13.2 Å². The first-order valence-electron chi connectivity index (χ1n) is 8.68. The number of carbonyl (C=O) groups is 1. The molecule has 28 heavy (non-hydrogen) atoms. The van der Waals surface area contributed by atoms with Crippen LogP contribution in [0.25, 0.3) is 11.1 Å². The van der Waals surface area contributed by atoms with Crippen LogP contribution in [-0.2, 0) is 0 Å². The number of amides is 1. The second kappa shape index (κ2) is 6.81. The van der Waals surface area contributed by atoms with Gasteiger partial charge in [0.05, 0.1) is 22.3 Å². The molecule has 1 aliphatic carbocycles. The summed E-state index contributed by atoms with van der Waals surface area (Å²) in [6.45, 7) is 0.247. The normalized spacial score (nSPS) is 14.3. The lowest BCUT2D eigenvalue weighted by Crippen LogP contribution is -2.20. The summed E-state index contributed by atoms with van der Waals surface area (Å²) in [5.74, 6) is -0.282. The molecule has 2 aromatic heterocycles. The minimum absolute atomic E-state index is 0.0667. The minimum Gasteiger partial charge on any atom is -0.482 e. The number of benzene rings is 1. The molecule has 9 heteroatoms. The summed E-state index contributed by atoms with van der Waals surface area (Å²) in [6, 6.07) is 7.66. The number of aromatic nitrogens is 2. The smallest absolute Gasteiger partial charge is 0.422 e. The fourth-order valence-electron chi connectivity index (χ4n) is 2.93. The van der Waals surface area contributed by atoms with E-state index in [1.807, 2.05) is 0 Å². The Hall–Kier alpha value is -3.10. The number of ether oxygens (including phenoxy) is 1. The van der Waals surface area contributed by atoms with E-state index in [9.17, 15) is 18.0 Å². The van der Waals surface area contributed by atoms with Gasteiger partial charge in [-0.15, -0.1) is 0 Å². The second-order valence-corrected chi connectivity index (χ2v) is 6.67. The summed E-state index contributed by atoms with van der Waals surface area (Å²) in [5.41, 5.74) is 1.99. The average molecular weight is 391 g/mol. The molecule has 1 aliphatic rings. The monoisotopic (exact) mass is 391 g/mol. The van der Waals surface area contributed by atoms with Gasteiger partial charge in [0.25, 0.3) is 11.6 Å². The number of pyridine rings is 1. The van der Waals surface area contributed by atoms with Gasteiger partial charge in [-0.3, -0.25) is 4.79 Å². The van der Waals surface area contributed by atoms with Crippen LogP contribution in [0.15, 0.2) is 34.9 Å². The molecule has 2 heterocycles. The Morgan fingerprint density at radius 1 is 1.32 bits per heavy atom. The lowest BCUT2D eigenvalue weighted by Gasteiger charge is -2.14. The van der Waals surface area contributed by atoms with E-state index in [1.54, 1.807) is 19.1 Å². The Morgan fingerprint density at radius 3 is 2.79 bits per heavy atom. The lowest BCUT2D eigenvalue weighted by molar-refractivity contribution is -0.153. The van der Waals surface area contributed by atoms with Gasteiger partial charge in [0, 0.05) is 11.6 Å². The molecule has 6 nitrogen and oxygen atoms in total. The van der Waals surface area contributed by atoms with Crippen molar-refractivity contribution < 1.29 is 27.2 Å². The molecule has 0 spiro atoms. The first kappa shape index (κ1) is 18.3. The zero-order valence-electron chi connectivity index (χ0n) is 14.8. The predicted octanol–water partition coefficient (Wildman–Crippen LogP) is 4.60. The van der Waals surface area contributed by atoms with Crippen LogP contribution in [0.5, 0.6) is 5.75 Å². The van der Waals surface area contributed by atoms with Crippen LogP contribution in [0, 0.1) is 6.92 Å². The molecule has 1 N–H and O–H groups in total. The Labute approximate surface area is 157 Å². The molecular weight excluding hydrogens is 375 g/mol. The van der Waals surface area contributed by atoms with Crippen LogP contribution in [0.4, 0.5) is 18.9 Å². The summed E-state index contributed by atoms with van der Waals surface area (Å²) in [7, 11) is 0. The van der Waals surface area contributed by atoms with Crippen molar-refractivity contribution in [1.82, 2.24) is 10.1 Å². The minimum atomic E-state index is -4.48. The third-order valence-electron chi connectivity index (χ3n) is 4.40. The van der Waals surface area contributed by atoms with Gasteiger partial charge < -0.3 is 14.6 Å². The zero-order chi connectivity index (χ0) is 19.9. The van der Waals surface area contributed by atoms with E-state index in [0.717, 1.165) is 18.5 Å². The second-order valence-electron chi connectivity index (χ2n) is 6.67. The molecule has 4 rings (SSSR count). The fourth-order valence-corrected chi connectivity index (χ4v) is 2.93.